The van der Waals surface area contributed by atoms with Gasteiger partial charge in [0.1, 0.15) is 5.82 Å². The van der Waals surface area contributed by atoms with Crippen LogP contribution in [0.4, 0.5) is 4.39 Å². The van der Waals surface area contributed by atoms with Crippen LogP contribution in [0.25, 0.3) is 11.4 Å². The summed E-state index contributed by atoms with van der Waals surface area (Å²) in [4.78, 5) is 19.5. The van der Waals surface area contributed by atoms with E-state index in [1.807, 2.05) is 35.2 Å². The van der Waals surface area contributed by atoms with E-state index >= 15 is 0 Å². The van der Waals surface area contributed by atoms with Crippen molar-refractivity contribution in [1.82, 2.24) is 15.0 Å². The average molecular weight is 407 g/mol. The fourth-order valence-electron chi connectivity index (χ4n) is 4.23. The van der Waals surface area contributed by atoms with Crippen molar-refractivity contribution in [2.45, 2.75) is 38.5 Å². The van der Waals surface area contributed by atoms with Crippen molar-refractivity contribution < 1.29 is 13.7 Å². The summed E-state index contributed by atoms with van der Waals surface area (Å²) in [5, 5.41) is 3.94. The van der Waals surface area contributed by atoms with Gasteiger partial charge in [-0.05, 0) is 42.9 Å². The molecule has 0 unspecified atom stereocenters. The maximum atomic E-state index is 14.0. The molecule has 3 aromatic rings. The molecule has 1 aliphatic rings. The lowest BCUT2D eigenvalue weighted by Crippen LogP contribution is -2.42. The smallest absolute Gasteiger partial charge is 0.230 e. The van der Waals surface area contributed by atoms with Gasteiger partial charge in [-0.1, -0.05) is 54.5 Å². The van der Waals surface area contributed by atoms with Crippen LogP contribution in [0.1, 0.15) is 43.6 Å². The van der Waals surface area contributed by atoms with Crippen LogP contribution >= 0.6 is 0 Å². The fraction of sp³-hybridized carbons (Fsp3) is 0.375. The molecule has 2 aromatic carbocycles. The molecular weight excluding hydrogens is 381 g/mol. The Kier molecular flexibility index (Phi) is 6.21. The van der Waals surface area contributed by atoms with Crippen LogP contribution in [0.2, 0.25) is 0 Å². The number of hydrogen-bond acceptors (Lipinski definition) is 4. The number of nitrogens with zero attached hydrogens (tertiary/aromatic N) is 3. The molecule has 5 nitrogen and oxygen atoms in total. The third-order valence-corrected chi connectivity index (χ3v) is 5.79. The van der Waals surface area contributed by atoms with Gasteiger partial charge in [-0.2, -0.15) is 4.98 Å². The Balaban J connectivity index is 1.42. The minimum Gasteiger partial charge on any atom is -0.342 e. The van der Waals surface area contributed by atoms with Crippen molar-refractivity contribution in [3.63, 3.8) is 0 Å². The summed E-state index contributed by atoms with van der Waals surface area (Å²) in [6, 6.07) is 16.4. The van der Waals surface area contributed by atoms with Crippen molar-refractivity contribution in [3.05, 3.63) is 71.9 Å². The predicted molar refractivity (Wildman–Crippen MR) is 112 cm³/mol. The lowest BCUT2D eigenvalue weighted by molar-refractivity contribution is -0.134. The molecule has 0 spiro atoms. The molecule has 30 heavy (non-hydrogen) atoms. The highest BCUT2D eigenvalue weighted by molar-refractivity contribution is 5.83. The zero-order chi connectivity index (χ0) is 20.9. The zero-order valence-corrected chi connectivity index (χ0v) is 17.1. The first kappa shape index (κ1) is 20.3. The second-order valence-corrected chi connectivity index (χ2v) is 7.86. The largest absolute Gasteiger partial charge is 0.342 e. The molecule has 1 fully saturated rings. The number of hydrogen-bond donors (Lipinski definition) is 0. The molecule has 1 amide bonds. The maximum absolute atomic E-state index is 14.0. The molecule has 0 bridgehead atoms. The van der Waals surface area contributed by atoms with E-state index in [1.165, 1.54) is 6.07 Å². The minimum atomic E-state index is -0.370. The molecular formula is C24H26FN3O2. The number of carbonyl (C=O) groups excluding carboxylic acids is 1. The standard InChI is InChI=1S/C24H26FN3O2/c1-2-19(18-10-4-3-5-11-18)24(29)28-14-8-9-17(16-28)15-22-26-23(27-30-22)20-12-6-7-13-21(20)25/h3-7,10-13,17,19H,2,8-9,14-16H2,1H3/t17-,19-/m0/s1. The second-order valence-electron chi connectivity index (χ2n) is 7.86. The van der Waals surface area contributed by atoms with E-state index < -0.39 is 0 Å². The normalized spacial score (nSPS) is 17.7. The van der Waals surface area contributed by atoms with Crippen LogP contribution < -0.4 is 0 Å². The number of amides is 1. The maximum Gasteiger partial charge on any atom is 0.230 e. The molecule has 1 aliphatic heterocycles. The highest BCUT2D eigenvalue weighted by Crippen LogP contribution is 2.27. The number of rotatable bonds is 6. The number of piperidine rings is 1. The molecule has 0 N–H and O–H groups in total. The van der Waals surface area contributed by atoms with Gasteiger partial charge in [-0.3, -0.25) is 4.79 Å². The van der Waals surface area contributed by atoms with E-state index in [4.69, 9.17) is 4.52 Å². The van der Waals surface area contributed by atoms with E-state index in [1.54, 1.807) is 18.2 Å². The Bertz CT molecular complexity index is 989. The van der Waals surface area contributed by atoms with Crippen LogP contribution in [0.5, 0.6) is 0 Å². The first-order chi connectivity index (χ1) is 14.7. The van der Waals surface area contributed by atoms with Crippen molar-refractivity contribution in [2.75, 3.05) is 13.1 Å². The lowest BCUT2D eigenvalue weighted by atomic mass is 9.91. The molecule has 0 aliphatic carbocycles. The summed E-state index contributed by atoms with van der Waals surface area (Å²) in [5.41, 5.74) is 1.40. The number of halogens is 1. The van der Waals surface area contributed by atoms with Crippen molar-refractivity contribution in [2.24, 2.45) is 5.92 Å². The van der Waals surface area contributed by atoms with Crippen LogP contribution in [0.3, 0.4) is 0 Å². The second kappa shape index (κ2) is 9.20. The Morgan fingerprint density at radius 3 is 2.73 bits per heavy atom. The topological polar surface area (TPSA) is 59.2 Å². The van der Waals surface area contributed by atoms with Crippen LogP contribution in [0.15, 0.2) is 59.1 Å². The van der Waals surface area contributed by atoms with Gasteiger partial charge in [-0.15, -0.1) is 0 Å². The molecule has 2 atom stereocenters. The van der Waals surface area contributed by atoms with Gasteiger partial charge in [0.15, 0.2) is 0 Å². The fourth-order valence-corrected chi connectivity index (χ4v) is 4.23. The monoisotopic (exact) mass is 407 g/mol. The number of aromatic nitrogens is 2. The van der Waals surface area contributed by atoms with Gasteiger partial charge >= 0.3 is 0 Å². The SMILES string of the molecule is CC[C@H](C(=O)N1CCC[C@@H](Cc2nc(-c3ccccc3F)no2)C1)c1ccccc1. The van der Waals surface area contributed by atoms with Crippen molar-refractivity contribution >= 4 is 5.91 Å². The van der Waals surface area contributed by atoms with Gasteiger partial charge in [0.2, 0.25) is 17.6 Å². The number of carbonyl (C=O) groups is 1. The average Bonchev–Trinajstić information content (AvgIpc) is 3.23. The Morgan fingerprint density at radius 2 is 1.97 bits per heavy atom. The summed E-state index contributed by atoms with van der Waals surface area (Å²) in [6.07, 6.45) is 3.33. The van der Waals surface area contributed by atoms with Crippen LogP contribution in [-0.4, -0.2) is 34.0 Å². The van der Waals surface area contributed by atoms with Gasteiger partial charge < -0.3 is 9.42 Å². The molecule has 0 radical (unpaired) electrons. The molecule has 0 saturated carbocycles. The molecule has 156 valence electrons. The summed E-state index contributed by atoms with van der Waals surface area (Å²) in [5.74, 6) is 0.715. The number of likely N-dealkylation sites (tertiary alicyclic amines) is 1. The van der Waals surface area contributed by atoms with Crippen LogP contribution in [0, 0.1) is 11.7 Å². The third-order valence-electron chi connectivity index (χ3n) is 5.79. The van der Waals surface area contributed by atoms with E-state index in [0.29, 0.717) is 24.4 Å². The molecule has 1 saturated heterocycles. The highest BCUT2D eigenvalue weighted by Gasteiger charge is 2.30. The summed E-state index contributed by atoms with van der Waals surface area (Å²) in [6.45, 7) is 3.52. The third kappa shape index (κ3) is 4.42. The first-order valence-electron chi connectivity index (χ1n) is 10.6. The van der Waals surface area contributed by atoms with Crippen molar-refractivity contribution in [1.29, 1.82) is 0 Å². The number of benzene rings is 2. The van der Waals surface area contributed by atoms with Crippen molar-refractivity contribution in [3.8, 4) is 11.4 Å². The summed E-state index contributed by atoms with van der Waals surface area (Å²) < 4.78 is 19.3. The predicted octanol–water partition coefficient (Wildman–Crippen LogP) is 4.85. The first-order valence-corrected chi connectivity index (χ1v) is 10.6. The zero-order valence-electron chi connectivity index (χ0n) is 17.1. The minimum absolute atomic E-state index is 0.110. The molecule has 1 aromatic heterocycles. The lowest BCUT2D eigenvalue weighted by Gasteiger charge is -2.34. The van der Waals surface area contributed by atoms with Gasteiger partial charge in [0, 0.05) is 19.5 Å². The van der Waals surface area contributed by atoms with E-state index in [0.717, 1.165) is 31.4 Å². The Labute approximate surface area is 175 Å². The van der Waals surface area contributed by atoms with Gasteiger partial charge in [-0.25, -0.2) is 4.39 Å². The summed E-state index contributed by atoms with van der Waals surface area (Å²) in [7, 11) is 0. The van der Waals surface area contributed by atoms with E-state index in [9.17, 15) is 9.18 Å². The highest BCUT2D eigenvalue weighted by atomic mass is 19.1. The quantitative estimate of drug-likeness (QED) is 0.586. The van der Waals surface area contributed by atoms with Crippen LogP contribution in [-0.2, 0) is 11.2 Å². The van der Waals surface area contributed by atoms with E-state index in [2.05, 4.69) is 17.1 Å². The van der Waals surface area contributed by atoms with Gasteiger partial charge in [0.05, 0.1) is 11.5 Å². The molecule has 6 heteroatoms. The van der Waals surface area contributed by atoms with Gasteiger partial charge in [0.25, 0.3) is 0 Å². The molecule has 4 rings (SSSR count). The summed E-state index contributed by atoms with van der Waals surface area (Å²) >= 11 is 0. The van der Waals surface area contributed by atoms with E-state index in [-0.39, 0.29) is 29.4 Å². The Morgan fingerprint density at radius 1 is 1.20 bits per heavy atom. The molecule has 2 heterocycles. The Hall–Kier alpha value is -3.02.